The molecule has 2 N–H and O–H groups in total. The van der Waals surface area contributed by atoms with E-state index in [1.165, 1.54) is 0 Å². The monoisotopic (exact) mass is 264 g/mol. The second-order valence-corrected chi connectivity index (χ2v) is 4.87. The molecule has 2 aliphatic heterocycles. The first-order valence-electron chi connectivity index (χ1n) is 5.41. The molecule has 0 aliphatic carbocycles. The van der Waals surface area contributed by atoms with Crippen molar-refractivity contribution in [3.8, 4) is 0 Å². The Labute approximate surface area is 104 Å². The third kappa shape index (κ3) is 2.69. The minimum Gasteiger partial charge on any atom is -0.453 e. The first-order chi connectivity index (χ1) is 7.93. The maximum Gasteiger partial charge on any atom is 0.352 e. The van der Waals surface area contributed by atoms with Crippen LogP contribution >= 0.6 is 12.2 Å². The van der Waals surface area contributed by atoms with Gasteiger partial charge >= 0.3 is 5.24 Å². The number of aliphatic hydroxyl groups is 2. The molecule has 0 amide bonds. The molecule has 0 aromatic heterocycles. The summed E-state index contributed by atoms with van der Waals surface area (Å²) in [7, 11) is 0. The number of hydrogen-bond donors (Lipinski definition) is 2. The molecule has 0 aromatic rings. The van der Waals surface area contributed by atoms with Crippen LogP contribution in [0.25, 0.3) is 0 Å². The highest BCUT2D eigenvalue weighted by Gasteiger charge is 2.50. The van der Waals surface area contributed by atoms with Crippen LogP contribution in [0.3, 0.4) is 0 Å². The lowest BCUT2D eigenvalue weighted by Gasteiger charge is -2.23. The quantitative estimate of drug-likeness (QED) is 0.669. The predicted molar refractivity (Wildman–Crippen MR) is 60.3 cm³/mol. The van der Waals surface area contributed by atoms with E-state index in [-0.39, 0.29) is 11.8 Å². The van der Waals surface area contributed by atoms with Gasteiger partial charge in [0.05, 0.1) is 6.61 Å². The van der Waals surface area contributed by atoms with Crippen LogP contribution < -0.4 is 0 Å². The lowest BCUT2D eigenvalue weighted by Crippen LogP contribution is -2.44. The molecule has 98 valence electrons. The van der Waals surface area contributed by atoms with Crippen LogP contribution in [0.2, 0.25) is 0 Å². The van der Waals surface area contributed by atoms with E-state index in [1.54, 1.807) is 13.8 Å². The van der Waals surface area contributed by atoms with E-state index in [9.17, 15) is 5.11 Å². The summed E-state index contributed by atoms with van der Waals surface area (Å²) in [5, 5.41) is 18.8. The minimum absolute atomic E-state index is 0.0699. The minimum atomic E-state index is -1.03. The zero-order valence-electron chi connectivity index (χ0n) is 9.66. The van der Waals surface area contributed by atoms with E-state index in [2.05, 4.69) is 0 Å². The summed E-state index contributed by atoms with van der Waals surface area (Å²) < 4.78 is 21.5. The molecule has 17 heavy (non-hydrogen) atoms. The SMILES string of the molecule is CC1(C)O[C@H]([C@H](O)CO)[C@@H]([C@@H]2COC(=S)O2)O1. The van der Waals surface area contributed by atoms with Gasteiger partial charge in [-0.1, -0.05) is 0 Å². The molecule has 0 unspecified atom stereocenters. The average Bonchev–Trinajstić information content (AvgIpc) is 2.80. The molecule has 4 atom stereocenters. The third-order valence-corrected chi connectivity index (χ3v) is 2.92. The Morgan fingerprint density at radius 2 is 2.18 bits per heavy atom. The lowest BCUT2D eigenvalue weighted by molar-refractivity contribution is -0.160. The van der Waals surface area contributed by atoms with Crippen LogP contribution in [0.4, 0.5) is 0 Å². The van der Waals surface area contributed by atoms with Gasteiger partial charge in [0.25, 0.3) is 0 Å². The van der Waals surface area contributed by atoms with Gasteiger partial charge in [-0.15, -0.1) is 0 Å². The molecule has 0 aromatic carbocycles. The van der Waals surface area contributed by atoms with E-state index in [0.29, 0.717) is 0 Å². The molecule has 0 saturated carbocycles. The summed E-state index contributed by atoms with van der Waals surface area (Å²) in [5.41, 5.74) is 0. The van der Waals surface area contributed by atoms with Crippen LogP contribution in [0.5, 0.6) is 0 Å². The Hall–Kier alpha value is -0.470. The summed E-state index contributed by atoms with van der Waals surface area (Å²) in [4.78, 5) is 0. The summed E-state index contributed by atoms with van der Waals surface area (Å²) in [6.07, 6.45) is -2.63. The first-order valence-corrected chi connectivity index (χ1v) is 5.82. The average molecular weight is 264 g/mol. The number of thiocarbonyl (C=S) groups is 1. The van der Waals surface area contributed by atoms with Gasteiger partial charge in [-0.05, 0) is 13.8 Å². The highest BCUT2D eigenvalue weighted by molar-refractivity contribution is 7.79. The lowest BCUT2D eigenvalue weighted by atomic mass is 10.0. The van der Waals surface area contributed by atoms with Crippen molar-refractivity contribution in [2.24, 2.45) is 0 Å². The van der Waals surface area contributed by atoms with Crippen molar-refractivity contribution in [1.29, 1.82) is 0 Å². The van der Waals surface area contributed by atoms with E-state index in [1.807, 2.05) is 0 Å². The maximum absolute atomic E-state index is 9.70. The van der Waals surface area contributed by atoms with Crippen LogP contribution in [0.15, 0.2) is 0 Å². The summed E-state index contributed by atoms with van der Waals surface area (Å²) >= 11 is 4.77. The van der Waals surface area contributed by atoms with Crippen LogP contribution in [0, 0.1) is 0 Å². The number of hydrogen-bond acceptors (Lipinski definition) is 7. The Bertz CT molecular complexity index is 307. The van der Waals surface area contributed by atoms with Gasteiger partial charge in [0.2, 0.25) is 0 Å². The molecule has 0 bridgehead atoms. The molecular formula is C10H16O6S. The second-order valence-electron chi connectivity index (χ2n) is 4.53. The van der Waals surface area contributed by atoms with Gasteiger partial charge < -0.3 is 29.2 Å². The topological polar surface area (TPSA) is 77.4 Å². The summed E-state index contributed by atoms with van der Waals surface area (Å²) in [6, 6.07) is 0. The fourth-order valence-electron chi connectivity index (χ4n) is 2.01. The molecule has 2 fully saturated rings. The van der Waals surface area contributed by atoms with Crippen molar-refractivity contribution in [3.63, 3.8) is 0 Å². The molecular weight excluding hydrogens is 248 g/mol. The van der Waals surface area contributed by atoms with Crippen molar-refractivity contribution in [2.45, 2.75) is 44.1 Å². The number of ether oxygens (including phenoxy) is 4. The van der Waals surface area contributed by atoms with Gasteiger partial charge in [0, 0.05) is 12.2 Å². The standard InChI is InChI=1S/C10H16O6S/c1-10(2)15-7(5(12)3-11)8(16-10)6-4-13-9(17)14-6/h5-8,11-12H,3-4H2,1-2H3/t5-,6+,7-,8-/m1/s1. The van der Waals surface area contributed by atoms with Gasteiger partial charge in [-0.25, -0.2) is 0 Å². The number of aliphatic hydroxyl groups excluding tert-OH is 2. The Morgan fingerprint density at radius 1 is 1.47 bits per heavy atom. The fraction of sp³-hybridized carbons (Fsp3) is 0.900. The van der Waals surface area contributed by atoms with Gasteiger partial charge in [-0.2, -0.15) is 0 Å². The number of rotatable bonds is 3. The Kier molecular flexibility index (Phi) is 3.55. The molecule has 2 heterocycles. The van der Waals surface area contributed by atoms with E-state index in [0.717, 1.165) is 0 Å². The molecule has 0 spiro atoms. The highest BCUT2D eigenvalue weighted by Crippen LogP contribution is 2.34. The Balaban J connectivity index is 2.10. The normalized spacial score (nSPS) is 37.6. The van der Waals surface area contributed by atoms with Crippen molar-refractivity contribution in [1.82, 2.24) is 0 Å². The first kappa shape index (κ1) is 13.0. The third-order valence-electron chi connectivity index (χ3n) is 2.71. The molecule has 2 aliphatic rings. The van der Waals surface area contributed by atoms with Crippen molar-refractivity contribution in [2.75, 3.05) is 13.2 Å². The van der Waals surface area contributed by atoms with E-state index in [4.69, 9.17) is 36.3 Å². The summed E-state index contributed by atoms with van der Waals surface area (Å²) in [5.74, 6) is -0.834. The van der Waals surface area contributed by atoms with Crippen LogP contribution in [-0.2, 0) is 18.9 Å². The molecule has 2 saturated heterocycles. The van der Waals surface area contributed by atoms with Gasteiger partial charge in [0.15, 0.2) is 11.9 Å². The predicted octanol–water partition coefficient (Wildman–Crippen LogP) is -0.440. The second kappa shape index (κ2) is 4.66. The fourth-order valence-corrected chi connectivity index (χ4v) is 2.20. The van der Waals surface area contributed by atoms with Gasteiger partial charge in [0.1, 0.15) is 24.9 Å². The summed E-state index contributed by atoms with van der Waals surface area (Å²) in [6.45, 7) is 3.33. The van der Waals surface area contributed by atoms with Crippen LogP contribution in [0.1, 0.15) is 13.8 Å². The Morgan fingerprint density at radius 3 is 2.71 bits per heavy atom. The largest absolute Gasteiger partial charge is 0.453 e. The highest BCUT2D eigenvalue weighted by atomic mass is 32.1. The van der Waals surface area contributed by atoms with Crippen LogP contribution in [-0.4, -0.2) is 58.9 Å². The smallest absolute Gasteiger partial charge is 0.352 e. The molecule has 7 heteroatoms. The zero-order valence-corrected chi connectivity index (χ0v) is 10.5. The van der Waals surface area contributed by atoms with Crippen molar-refractivity contribution >= 4 is 17.5 Å². The van der Waals surface area contributed by atoms with Crippen molar-refractivity contribution in [3.05, 3.63) is 0 Å². The van der Waals surface area contributed by atoms with E-state index >= 15 is 0 Å². The maximum atomic E-state index is 9.70. The molecule has 2 rings (SSSR count). The van der Waals surface area contributed by atoms with Gasteiger partial charge in [-0.3, -0.25) is 0 Å². The molecule has 0 radical (unpaired) electrons. The van der Waals surface area contributed by atoms with E-state index < -0.39 is 36.8 Å². The zero-order chi connectivity index (χ0) is 12.6. The molecule has 6 nitrogen and oxygen atoms in total. The van der Waals surface area contributed by atoms with Crippen molar-refractivity contribution < 1.29 is 29.2 Å².